The van der Waals surface area contributed by atoms with Crippen LogP contribution in [-0.4, -0.2) is 17.3 Å². The molecule has 0 aliphatic heterocycles. The third-order valence-electron chi connectivity index (χ3n) is 10.9. The Hall–Kier alpha value is -3.17. The van der Waals surface area contributed by atoms with Gasteiger partial charge in [-0.1, -0.05) is 0 Å². The van der Waals surface area contributed by atoms with Crippen LogP contribution in [0.2, 0.25) is 0 Å². The van der Waals surface area contributed by atoms with Gasteiger partial charge in [0.2, 0.25) is 0 Å². The zero-order chi connectivity index (χ0) is 35.5. The minimum absolute atomic E-state index is 0.363. The van der Waals surface area contributed by atoms with Gasteiger partial charge >= 0.3 is 308 Å². The molecule has 0 heterocycles. The number of allylic oxidation sites excluding steroid dienone is 2. The fourth-order valence-electron chi connectivity index (χ4n) is 8.65. The zero-order valence-corrected chi connectivity index (χ0v) is 33.4. The normalized spacial score (nSPS) is 17.1. The monoisotopic (exact) mass is 781 g/mol. The molecule has 4 aromatic rings. The second-order valence-electron chi connectivity index (χ2n) is 14.0. The fraction of sp³-hybridized carbons (Fsp3) is 0.286. The van der Waals surface area contributed by atoms with Gasteiger partial charge in [-0.3, -0.25) is 0 Å². The van der Waals surface area contributed by atoms with Crippen molar-refractivity contribution in [2.75, 3.05) is 0 Å². The molecule has 2 atom stereocenters. The molecule has 0 saturated carbocycles. The molecule has 2 aliphatic rings. The van der Waals surface area contributed by atoms with E-state index >= 15 is 0 Å². The number of hydrogen-bond acceptors (Lipinski definition) is 2. The molecule has 6 rings (SSSR count). The number of carbonyl (C=O) groups is 2. The SMILES string of the molecule is CCCCC1=Cc2c(-c3ccccc3C)cccc2[CH]1[Zr]([Cl])([Cl])([B](NC=O)NC=O)[CH]1C(CCCC)=Cc2c(-c3ccccc3C)cccc21. The maximum absolute atomic E-state index is 12.5. The predicted octanol–water partition coefficient (Wildman–Crippen LogP) is 11.1. The van der Waals surface area contributed by atoms with Crippen LogP contribution in [0.15, 0.2) is 96.1 Å². The molecule has 4 nitrogen and oxygen atoms in total. The molecule has 0 bridgehead atoms. The maximum atomic E-state index is 12.5. The number of halogens is 2. The first-order valence-corrected chi connectivity index (χ1v) is 28.5. The van der Waals surface area contributed by atoms with Crippen molar-refractivity contribution in [2.24, 2.45) is 0 Å². The summed E-state index contributed by atoms with van der Waals surface area (Å²) in [4.78, 5) is 25.0. The molecule has 2 N–H and O–H groups in total. The molecule has 0 aromatic heterocycles. The standard InChI is InChI=1S/2C20H21.C2H3BN2O2.2ClH.Zr/c2*1-3-4-9-16-13-17-10-7-12-19(20(17)14-16)18-11-6-5-8-15(18)2;6-1-4-3-5-2-7;;;/h2*5-8,10-14H,3-4,9H2,1-2H3;1-2H,(H-,4,5,6,7);2*1H;/q;;;;;+1/p-1. The fourth-order valence-corrected chi connectivity index (χ4v) is 29.4. The number of aryl methyl sites for hydroxylation is 2. The summed E-state index contributed by atoms with van der Waals surface area (Å²) in [5.74, 6) is 0. The Morgan fingerprint density at radius 1 is 0.620 bits per heavy atom. The molecule has 257 valence electrons. The summed E-state index contributed by atoms with van der Waals surface area (Å²) in [7, 11) is 17.3. The van der Waals surface area contributed by atoms with Crippen LogP contribution in [0.4, 0.5) is 0 Å². The first-order chi connectivity index (χ1) is 24.2. The van der Waals surface area contributed by atoms with Gasteiger partial charge in [-0.25, -0.2) is 0 Å². The van der Waals surface area contributed by atoms with Crippen molar-refractivity contribution in [3.63, 3.8) is 0 Å². The molecule has 4 aromatic carbocycles. The predicted molar refractivity (Wildman–Crippen MR) is 210 cm³/mol. The number of fused-ring (bicyclic) bond motifs is 2. The summed E-state index contributed by atoms with van der Waals surface area (Å²) >= 11 is -5.83. The van der Waals surface area contributed by atoms with E-state index in [2.05, 4.69) is 135 Å². The summed E-state index contributed by atoms with van der Waals surface area (Å²) in [6, 6.07) is 29.8. The van der Waals surface area contributed by atoms with E-state index in [1.54, 1.807) is 0 Å². The van der Waals surface area contributed by atoms with Gasteiger partial charge in [0.15, 0.2) is 0 Å². The van der Waals surface area contributed by atoms with Crippen LogP contribution in [0.1, 0.15) is 93.0 Å². The van der Waals surface area contributed by atoms with Crippen molar-refractivity contribution in [3.8, 4) is 22.3 Å². The van der Waals surface area contributed by atoms with Crippen LogP contribution >= 0.6 is 17.0 Å². The Kier molecular flexibility index (Phi) is 11.1. The van der Waals surface area contributed by atoms with Gasteiger partial charge in [0, 0.05) is 0 Å². The third kappa shape index (κ3) is 6.31. The first kappa shape index (κ1) is 36.6. The molecule has 2 amide bonds. The molecular weight excluding hydrogens is 737 g/mol. The molecule has 50 heavy (non-hydrogen) atoms. The molecule has 0 radical (unpaired) electrons. The number of hydrogen-bond donors (Lipinski definition) is 2. The van der Waals surface area contributed by atoms with Gasteiger partial charge in [0.25, 0.3) is 0 Å². The molecule has 0 spiro atoms. The van der Waals surface area contributed by atoms with E-state index in [9.17, 15) is 9.59 Å². The number of amides is 2. The Balaban J connectivity index is 1.68. The van der Waals surface area contributed by atoms with E-state index in [0.29, 0.717) is 12.8 Å². The average Bonchev–Trinajstić information content (AvgIpc) is 3.70. The van der Waals surface area contributed by atoms with Crippen molar-refractivity contribution in [3.05, 3.63) is 129 Å². The van der Waals surface area contributed by atoms with Crippen LogP contribution in [0.5, 0.6) is 0 Å². The van der Waals surface area contributed by atoms with Crippen LogP contribution in [0.25, 0.3) is 34.4 Å². The number of unbranched alkanes of at least 4 members (excludes halogenated alkanes) is 2. The van der Waals surface area contributed by atoms with Crippen molar-refractivity contribution in [1.29, 1.82) is 0 Å². The van der Waals surface area contributed by atoms with E-state index in [-0.39, 0.29) is 7.25 Å². The Labute approximate surface area is 305 Å². The Bertz CT molecular complexity index is 1850. The van der Waals surface area contributed by atoms with E-state index in [1.807, 2.05) is 0 Å². The minimum atomic E-state index is -5.83. The first-order valence-electron chi connectivity index (χ1n) is 17.9. The van der Waals surface area contributed by atoms with Crippen molar-refractivity contribution >= 4 is 46.5 Å². The van der Waals surface area contributed by atoms with Crippen LogP contribution in [0.3, 0.4) is 0 Å². The van der Waals surface area contributed by atoms with Crippen LogP contribution in [0, 0.1) is 13.8 Å². The number of benzene rings is 4. The number of rotatable bonds is 15. The topological polar surface area (TPSA) is 58.2 Å². The number of nitrogens with one attached hydrogen (secondary N) is 2. The average molecular weight is 784 g/mol. The van der Waals surface area contributed by atoms with E-state index in [0.717, 1.165) is 71.9 Å². The van der Waals surface area contributed by atoms with Crippen molar-refractivity contribution in [2.45, 2.75) is 73.5 Å². The molecule has 0 fully saturated rings. The van der Waals surface area contributed by atoms with Gasteiger partial charge in [-0.05, 0) is 0 Å². The van der Waals surface area contributed by atoms with Gasteiger partial charge in [0.1, 0.15) is 0 Å². The quantitative estimate of drug-likeness (QED) is 0.0932. The van der Waals surface area contributed by atoms with E-state index < -0.39 is 20.7 Å². The molecule has 2 unspecified atom stereocenters. The molecular formula is C42H46BCl2N2O2Zr. The summed E-state index contributed by atoms with van der Waals surface area (Å²) in [5, 5.41) is 5.99. The van der Waals surface area contributed by atoms with Gasteiger partial charge in [-0.2, -0.15) is 0 Å². The van der Waals surface area contributed by atoms with Crippen molar-refractivity contribution < 1.29 is 25.8 Å². The summed E-state index contributed by atoms with van der Waals surface area (Å²) in [6.45, 7) is 8.67. The third-order valence-corrected chi connectivity index (χ3v) is 31.0. The summed E-state index contributed by atoms with van der Waals surface area (Å²) < 4.78 is -1.66. The summed E-state index contributed by atoms with van der Waals surface area (Å²) in [6.07, 6.45) is 11.5. The van der Waals surface area contributed by atoms with Crippen LogP contribution in [-0.2, 0) is 25.8 Å². The summed E-state index contributed by atoms with van der Waals surface area (Å²) in [5.41, 5.74) is 13.8. The number of carbonyl (C=O) groups excluding carboxylic acids is 2. The van der Waals surface area contributed by atoms with E-state index in [1.165, 1.54) is 33.4 Å². The molecule has 0 saturated heterocycles. The second kappa shape index (κ2) is 15.2. The Morgan fingerprint density at radius 2 is 1.02 bits per heavy atom. The van der Waals surface area contributed by atoms with E-state index in [4.69, 9.17) is 17.0 Å². The Morgan fingerprint density at radius 3 is 1.40 bits per heavy atom. The van der Waals surface area contributed by atoms with Gasteiger partial charge < -0.3 is 0 Å². The molecule has 2 aliphatic carbocycles. The van der Waals surface area contributed by atoms with Crippen molar-refractivity contribution in [1.82, 2.24) is 10.5 Å². The second-order valence-corrected chi connectivity index (χ2v) is 35.4. The molecule has 8 heteroatoms. The van der Waals surface area contributed by atoms with Gasteiger partial charge in [0.05, 0.1) is 0 Å². The zero-order valence-electron chi connectivity index (χ0n) is 29.4. The van der Waals surface area contributed by atoms with Crippen LogP contribution < -0.4 is 10.5 Å². The van der Waals surface area contributed by atoms with Gasteiger partial charge in [-0.15, -0.1) is 0 Å².